The van der Waals surface area contributed by atoms with Gasteiger partial charge in [-0.05, 0) is 36.3 Å². The van der Waals surface area contributed by atoms with Crippen LogP contribution in [0.3, 0.4) is 0 Å². The van der Waals surface area contributed by atoms with Crippen LogP contribution in [-0.4, -0.2) is 5.16 Å². The Morgan fingerprint density at radius 3 is 2.36 bits per heavy atom. The zero-order valence-corrected chi connectivity index (χ0v) is 10.9. The Bertz CT molecular complexity index is 313. The van der Waals surface area contributed by atoms with Crippen molar-refractivity contribution in [1.82, 2.24) is 0 Å². The van der Waals surface area contributed by atoms with Gasteiger partial charge in [-0.2, -0.15) is 0 Å². The molecule has 0 amide bonds. The van der Waals surface area contributed by atoms with Crippen LogP contribution in [0.25, 0.3) is 0 Å². The van der Waals surface area contributed by atoms with Crippen molar-refractivity contribution in [3.8, 4) is 0 Å². The first kappa shape index (κ1) is 11.7. The summed E-state index contributed by atoms with van der Waals surface area (Å²) in [5.74, 6) is 0. The maximum Gasteiger partial charge on any atom is -0.0141 e. The van der Waals surface area contributed by atoms with Crippen molar-refractivity contribution in [2.24, 2.45) is 0 Å². The van der Waals surface area contributed by atoms with E-state index in [0.717, 1.165) is 8.58 Å². The molecule has 1 heteroatoms. The Morgan fingerprint density at radius 1 is 1.21 bits per heavy atom. The summed E-state index contributed by atoms with van der Waals surface area (Å²) in [5, 5.41) is 1.99. The summed E-state index contributed by atoms with van der Waals surface area (Å²) < 4.78 is 0. The van der Waals surface area contributed by atoms with E-state index in [4.69, 9.17) is 0 Å². The molecular weight excluding hydrogens is 187 g/mol. The van der Waals surface area contributed by atoms with E-state index in [1.807, 2.05) is 0 Å². The molecule has 0 aliphatic rings. The molecule has 78 valence electrons. The minimum Gasteiger partial charge on any atom is -0.0843 e. The van der Waals surface area contributed by atoms with Crippen LogP contribution < -0.4 is 5.30 Å². The molecule has 0 spiro atoms. The zero-order valence-electron chi connectivity index (χ0n) is 9.94. The molecule has 1 atom stereocenters. The van der Waals surface area contributed by atoms with Crippen molar-refractivity contribution in [3.05, 3.63) is 29.3 Å². The molecule has 0 radical (unpaired) electrons. The van der Waals surface area contributed by atoms with Crippen LogP contribution in [0.5, 0.6) is 0 Å². The quantitative estimate of drug-likeness (QED) is 0.663. The third-order valence-electron chi connectivity index (χ3n) is 2.74. The summed E-state index contributed by atoms with van der Waals surface area (Å²) in [6.45, 7) is 11.4. The summed E-state index contributed by atoms with van der Waals surface area (Å²) in [5.41, 5.74) is 2.82. The van der Waals surface area contributed by atoms with Crippen molar-refractivity contribution in [2.45, 2.75) is 46.2 Å². The van der Waals surface area contributed by atoms with E-state index in [0.29, 0.717) is 5.16 Å². The van der Waals surface area contributed by atoms with Crippen molar-refractivity contribution < 1.29 is 0 Å². The average molecular weight is 208 g/mol. The summed E-state index contributed by atoms with van der Waals surface area (Å²) in [6, 6.07) is 6.80. The normalized spacial score (nSPS) is 12.6. The van der Waals surface area contributed by atoms with Crippen molar-refractivity contribution in [3.63, 3.8) is 0 Å². The van der Waals surface area contributed by atoms with Crippen LogP contribution in [0.1, 0.15) is 38.3 Å². The second-order valence-electron chi connectivity index (χ2n) is 4.68. The fourth-order valence-corrected chi connectivity index (χ4v) is 2.75. The average Bonchev–Trinajstić information content (AvgIpc) is 2.10. The van der Waals surface area contributed by atoms with Gasteiger partial charge >= 0.3 is 0 Å². The van der Waals surface area contributed by atoms with Gasteiger partial charge in [-0.3, -0.25) is 0 Å². The first-order chi connectivity index (χ1) is 6.44. The third kappa shape index (κ3) is 3.10. The van der Waals surface area contributed by atoms with Gasteiger partial charge in [0.1, 0.15) is 0 Å². The molecule has 0 nitrogen and oxygen atoms in total. The number of hydrogen-bond donors (Lipinski definition) is 0. The van der Waals surface area contributed by atoms with E-state index >= 15 is 0 Å². The molecular formula is C13H21P. The molecule has 1 rings (SSSR count). The van der Waals surface area contributed by atoms with E-state index in [2.05, 4.69) is 52.8 Å². The Balaban J connectivity index is 2.87. The van der Waals surface area contributed by atoms with Crippen molar-refractivity contribution >= 4 is 13.9 Å². The Hall–Kier alpha value is -0.350. The smallest absolute Gasteiger partial charge is 0.0141 e. The lowest BCUT2D eigenvalue weighted by Crippen LogP contribution is -2.16. The van der Waals surface area contributed by atoms with E-state index in [1.54, 1.807) is 0 Å². The molecule has 0 aliphatic carbocycles. The van der Waals surface area contributed by atoms with Crippen LogP contribution in [0.4, 0.5) is 0 Å². The van der Waals surface area contributed by atoms with E-state index in [1.165, 1.54) is 22.9 Å². The molecule has 0 N–H and O–H groups in total. The standard InChI is InChI=1S/C13H21P/c1-6-13(4,5)14-12-8-7-10(2)9-11(12)3/h7-9,14H,6H2,1-5H3. The molecule has 1 unspecified atom stereocenters. The van der Waals surface area contributed by atoms with Gasteiger partial charge in [0.2, 0.25) is 0 Å². The number of rotatable bonds is 3. The highest BCUT2D eigenvalue weighted by molar-refractivity contribution is 7.49. The third-order valence-corrected chi connectivity index (χ3v) is 4.60. The van der Waals surface area contributed by atoms with Crippen LogP contribution in [-0.2, 0) is 0 Å². The zero-order chi connectivity index (χ0) is 10.8. The molecule has 0 bridgehead atoms. The second kappa shape index (κ2) is 4.45. The summed E-state index contributed by atoms with van der Waals surface area (Å²) in [7, 11) is 0.926. The van der Waals surface area contributed by atoms with E-state index in [9.17, 15) is 0 Å². The fourth-order valence-electron chi connectivity index (χ4n) is 1.41. The summed E-state index contributed by atoms with van der Waals surface area (Å²) >= 11 is 0. The lowest BCUT2D eigenvalue weighted by Gasteiger charge is -2.23. The van der Waals surface area contributed by atoms with Crippen molar-refractivity contribution in [1.29, 1.82) is 0 Å². The Labute approximate surface area is 89.9 Å². The first-order valence-corrected chi connectivity index (χ1v) is 6.30. The molecule has 14 heavy (non-hydrogen) atoms. The highest BCUT2D eigenvalue weighted by atomic mass is 31.1. The number of hydrogen-bond acceptors (Lipinski definition) is 0. The maximum atomic E-state index is 2.35. The molecule has 1 aromatic rings. The first-order valence-electron chi connectivity index (χ1n) is 5.30. The Morgan fingerprint density at radius 2 is 1.86 bits per heavy atom. The molecule has 0 saturated heterocycles. The van der Waals surface area contributed by atoms with E-state index in [-0.39, 0.29) is 0 Å². The molecule has 1 aromatic carbocycles. The maximum absolute atomic E-state index is 2.35. The second-order valence-corrected chi connectivity index (χ2v) is 6.82. The lowest BCUT2D eigenvalue weighted by molar-refractivity contribution is 0.681. The van der Waals surface area contributed by atoms with Gasteiger partial charge in [0.15, 0.2) is 0 Å². The minimum atomic E-state index is 0.458. The highest BCUT2D eigenvalue weighted by Gasteiger charge is 2.16. The number of aryl methyl sites for hydroxylation is 2. The SMILES string of the molecule is CCC(C)(C)Pc1ccc(C)cc1C. The summed E-state index contributed by atoms with van der Waals surface area (Å²) in [4.78, 5) is 0. The van der Waals surface area contributed by atoms with Gasteiger partial charge in [0.25, 0.3) is 0 Å². The van der Waals surface area contributed by atoms with Gasteiger partial charge in [-0.25, -0.2) is 0 Å². The van der Waals surface area contributed by atoms with E-state index < -0.39 is 0 Å². The van der Waals surface area contributed by atoms with Crippen LogP contribution in [0.15, 0.2) is 18.2 Å². The van der Waals surface area contributed by atoms with Gasteiger partial charge in [-0.15, -0.1) is 0 Å². The molecule has 0 fully saturated rings. The van der Waals surface area contributed by atoms with Crippen LogP contribution in [0, 0.1) is 13.8 Å². The van der Waals surface area contributed by atoms with Crippen molar-refractivity contribution in [2.75, 3.05) is 0 Å². The molecule has 0 aliphatic heterocycles. The van der Waals surface area contributed by atoms with Crippen LogP contribution >= 0.6 is 8.58 Å². The Kier molecular flexibility index (Phi) is 3.72. The predicted octanol–water partition coefficient (Wildman–Crippen LogP) is 3.80. The van der Waals surface area contributed by atoms with Gasteiger partial charge in [0.05, 0.1) is 0 Å². The van der Waals surface area contributed by atoms with Gasteiger partial charge < -0.3 is 0 Å². The molecule has 0 aromatic heterocycles. The molecule has 0 heterocycles. The fraction of sp³-hybridized carbons (Fsp3) is 0.538. The van der Waals surface area contributed by atoms with Crippen LogP contribution in [0.2, 0.25) is 0 Å². The molecule has 0 saturated carbocycles. The monoisotopic (exact) mass is 208 g/mol. The lowest BCUT2D eigenvalue weighted by atomic mass is 10.1. The topological polar surface area (TPSA) is 0 Å². The summed E-state index contributed by atoms with van der Waals surface area (Å²) in [6.07, 6.45) is 1.25. The number of benzene rings is 1. The largest absolute Gasteiger partial charge is 0.0843 e. The van der Waals surface area contributed by atoms with Gasteiger partial charge in [0, 0.05) is 0 Å². The minimum absolute atomic E-state index is 0.458. The highest BCUT2D eigenvalue weighted by Crippen LogP contribution is 2.34. The van der Waals surface area contributed by atoms with Gasteiger partial charge in [-0.1, -0.05) is 53.1 Å². The predicted molar refractivity (Wildman–Crippen MR) is 68.2 cm³/mol.